The first-order valence-corrected chi connectivity index (χ1v) is 9.82. The van der Waals surface area contributed by atoms with Gasteiger partial charge >= 0.3 is 6.61 Å². The quantitative estimate of drug-likeness (QED) is 0.316. The molecule has 0 aliphatic rings. The van der Waals surface area contributed by atoms with Crippen molar-refractivity contribution in [1.82, 2.24) is 0 Å². The molecule has 3 aromatic carbocycles. The first-order chi connectivity index (χ1) is 15.8. The van der Waals surface area contributed by atoms with Crippen LogP contribution in [0.2, 0.25) is 0 Å². The number of benzene rings is 3. The maximum Gasteiger partial charge on any atom is 0.387 e. The second-order valence-electron chi connectivity index (χ2n) is 6.91. The smallest absolute Gasteiger partial charge is 0.387 e. The lowest BCUT2D eigenvalue weighted by atomic mass is 10.1. The van der Waals surface area contributed by atoms with Crippen LogP contribution in [0.25, 0.3) is 0 Å². The zero-order valence-electron chi connectivity index (χ0n) is 17.3. The highest BCUT2D eigenvalue weighted by Gasteiger charge is 2.16. The minimum Gasteiger partial charge on any atom is -0.429 e. The lowest BCUT2D eigenvalue weighted by Crippen LogP contribution is -2.06. The molecule has 0 aliphatic carbocycles. The van der Waals surface area contributed by atoms with Crippen LogP contribution in [0.15, 0.2) is 48.5 Å². The number of alkyl halides is 2. The van der Waals surface area contributed by atoms with E-state index >= 15 is 0 Å². The van der Waals surface area contributed by atoms with Crippen LogP contribution in [0.5, 0.6) is 5.75 Å². The second kappa shape index (κ2) is 10.7. The molecule has 7 heteroatoms. The Morgan fingerprint density at radius 2 is 1.18 bits per heavy atom. The minimum atomic E-state index is -3.36. The molecule has 0 unspecified atom stereocenters. The molecular formula is C26H16F6O. The molecule has 1 nitrogen and oxygen atoms in total. The first-order valence-electron chi connectivity index (χ1n) is 9.82. The van der Waals surface area contributed by atoms with Gasteiger partial charge in [-0.15, -0.1) is 0 Å². The van der Waals surface area contributed by atoms with Gasteiger partial charge in [0, 0.05) is 16.7 Å². The first kappa shape index (κ1) is 23.8. The molecule has 0 saturated carbocycles. The van der Waals surface area contributed by atoms with Gasteiger partial charge < -0.3 is 4.74 Å². The lowest BCUT2D eigenvalue weighted by Gasteiger charge is -2.06. The highest BCUT2D eigenvalue weighted by atomic mass is 19.3. The number of ether oxygens (including phenoxy) is 1. The van der Waals surface area contributed by atoms with Gasteiger partial charge in [-0.1, -0.05) is 37.0 Å². The molecule has 0 aliphatic heterocycles. The lowest BCUT2D eigenvalue weighted by molar-refractivity contribution is -0.0546. The molecule has 0 amide bonds. The highest BCUT2D eigenvalue weighted by Crippen LogP contribution is 2.24. The summed E-state index contributed by atoms with van der Waals surface area (Å²) in [6.45, 7) is -1.45. The monoisotopic (exact) mass is 458 g/mol. The molecule has 0 aromatic heterocycles. The van der Waals surface area contributed by atoms with Gasteiger partial charge in [0.25, 0.3) is 0 Å². The third-order valence-corrected chi connectivity index (χ3v) is 4.41. The van der Waals surface area contributed by atoms with E-state index in [1.54, 1.807) is 24.3 Å². The maximum absolute atomic E-state index is 14.1. The van der Waals surface area contributed by atoms with E-state index in [9.17, 15) is 26.3 Å². The van der Waals surface area contributed by atoms with E-state index in [0.29, 0.717) is 23.1 Å². The highest BCUT2D eigenvalue weighted by molar-refractivity contribution is 5.49. The Labute approximate surface area is 187 Å². The number of halogens is 6. The molecule has 0 heterocycles. The molecule has 33 heavy (non-hydrogen) atoms. The van der Waals surface area contributed by atoms with Gasteiger partial charge in [0.05, 0.1) is 5.56 Å². The summed E-state index contributed by atoms with van der Waals surface area (Å²) in [6.07, 6.45) is 1.33. The van der Waals surface area contributed by atoms with Gasteiger partial charge in [-0.25, -0.2) is 17.6 Å². The Morgan fingerprint density at radius 3 is 1.67 bits per heavy atom. The molecule has 0 radical (unpaired) electrons. The van der Waals surface area contributed by atoms with Crippen molar-refractivity contribution >= 4 is 0 Å². The maximum atomic E-state index is 14.1. The van der Waals surface area contributed by atoms with E-state index in [-0.39, 0.29) is 11.1 Å². The normalized spacial score (nSPS) is 10.3. The number of rotatable bonds is 4. The van der Waals surface area contributed by atoms with E-state index in [1.807, 2.05) is 6.92 Å². The van der Waals surface area contributed by atoms with Crippen LogP contribution in [0.1, 0.15) is 41.2 Å². The standard InChI is InChI=1S/C26H16F6O/c1-2-3-18-12-21(27)20(22(28)13-18)11-10-17-6-4-16(5-7-17)8-9-19-14-23(29)25(24(30)15-19)33-26(31)32/h4-7,12-15,26H,2-3H2,1H3. The summed E-state index contributed by atoms with van der Waals surface area (Å²) < 4.78 is 84.0. The number of hydrogen-bond acceptors (Lipinski definition) is 1. The van der Waals surface area contributed by atoms with Crippen molar-refractivity contribution < 1.29 is 31.1 Å². The fourth-order valence-electron chi connectivity index (χ4n) is 2.93. The van der Waals surface area contributed by atoms with Crippen LogP contribution < -0.4 is 4.74 Å². The molecule has 168 valence electrons. The van der Waals surface area contributed by atoms with Crippen molar-refractivity contribution in [2.24, 2.45) is 0 Å². The summed E-state index contributed by atoms with van der Waals surface area (Å²) in [5.41, 5.74) is 1.12. The minimum absolute atomic E-state index is 0.0760. The predicted octanol–water partition coefficient (Wildman–Crippen LogP) is 6.60. The number of aryl methyl sites for hydroxylation is 1. The molecule has 0 N–H and O–H groups in total. The van der Waals surface area contributed by atoms with Gasteiger partial charge in [0.2, 0.25) is 0 Å². The van der Waals surface area contributed by atoms with Gasteiger partial charge in [-0.05, 0) is 60.5 Å². The summed E-state index contributed by atoms with van der Waals surface area (Å²) in [6, 6.07) is 10.4. The largest absolute Gasteiger partial charge is 0.429 e. The van der Waals surface area contributed by atoms with Crippen LogP contribution in [0.4, 0.5) is 26.3 Å². The Bertz CT molecular complexity index is 1230. The van der Waals surface area contributed by atoms with Crippen molar-refractivity contribution in [2.45, 2.75) is 26.4 Å². The van der Waals surface area contributed by atoms with Gasteiger partial charge in [0.1, 0.15) is 11.6 Å². The van der Waals surface area contributed by atoms with Crippen molar-refractivity contribution in [2.75, 3.05) is 0 Å². The summed E-state index contributed by atoms with van der Waals surface area (Å²) in [5.74, 6) is 5.14. The van der Waals surface area contributed by atoms with E-state index in [0.717, 1.165) is 18.6 Å². The molecule has 0 spiro atoms. The molecule has 0 fully saturated rings. The SMILES string of the molecule is CCCc1cc(F)c(C#Cc2ccc(C#Cc3cc(F)c(OC(F)F)c(F)c3)cc2)c(F)c1. The number of hydrogen-bond donors (Lipinski definition) is 0. The Kier molecular flexibility index (Phi) is 7.69. The van der Waals surface area contributed by atoms with Gasteiger partial charge in [-0.3, -0.25) is 0 Å². The average molecular weight is 458 g/mol. The van der Waals surface area contributed by atoms with Crippen molar-refractivity contribution in [3.8, 4) is 29.4 Å². The summed E-state index contributed by atoms with van der Waals surface area (Å²) in [5, 5.41) is 0. The van der Waals surface area contributed by atoms with E-state index in [2.05, 4.69) is 28.4 Å². The van der Waals surface area contributed by atoms with Crippen molar-refractivity contribution in [1.29, 1.82) is 0 Å². The summed E-state index contributed by atoms with van der Waals surface area (Å²) >= 11 is 0. The van der Waals surface area contributed by atoms with E-state index < -0.39 is 35.6 Å². The Hall–Kier alpha value is -3.84. The van der Waals surface area contributed by atoms with E-state index in [1.165, 1.54) is 12.1 Å². The van der Waals surface area contributed by atoms with Crippen LogP contribution in [-0.4, -0.2) is 6.61 Å². The van der Waals surface area contributed by atoms with Crippen LogP contribution in [0.3, 0.4) is 0 Å². The zero-order valence-corrected chi connectivity index (χ0v) is 17.3. The molecule has 0 atom stereocenters. The van der Waals surface area contributed by atoms with Crippen LogP contribution >= 0.6 is 0 Å². The summed E-state index contributed by atoms with van der Waals surface area (Å²) in [7, 11) is 0. The second-order valence-corrected chi connectivity index (χ2v) is 6.91. The molecule has 0 bridgehead atoms. The average Bonchev–Trinajstić information content (AvgIpc) is 2.75. The Balaban J connectivity index is 1.77. The molecule has 3 rings (SSSR count). The molecular weight excluding hydrogens is 442 g/mol. The molecule has 3 aromatic rings. The fraction of sp³-hybridized carbons (Fsp3) is 0.154. The Morgan fingerprint density at radius 1 is 0.697 bits per heavy atom. The third-order valence-electron chi connectivity index (χ3n) is 4.41. The predicted molar refractivity (Wildman–Crippen MR) is 112 cm³/mol. The fourth-order valence-corrected chi connectivity index (χ4v) is 2.93. The topological polar surface area (TPSA) is 9.23 Å². The van der Waals surface area contributed by atoms with Gasteiger partial charge in [-0.2, -0.15) is 8.78 Å². The van der Waals surface area contributed by atoms with Crippen LogP contribution in [0, 0.1) is 47.0 Å². The molecule has 0 saturated heterocycles. The third kappa shape index (κ3) is 6.33. The van der Waals surface area contributed by atoms with Crippen molar-refractivity contribution in [3.05, 3.63) is 99.6 Å². The zero-order chi connectivity index (χ0) is 24.0. The van der Waals surface area contributed by atoms with E-state index in [4.69, 9.17) is 0 Å². The van der Waals surface area contributed by atoms with Crippen LogP contribution in [-0.2, 0) is 6.42 Å². The summed E-state index contributed by atoms with van der Waals surface area (Å²) in [4.78, 5) is 0. The van der Waals surface area contributed by atoms with Gasteiger partial charge in [0.15, 0.2) is 17.4 Å². The van der Waals surface area contributed by atoms with Crippen molar-refractivity contribution in [3.63, 3.8) is 0 Å².